The Labute approximate surface area is 132 Å². The SMILES string of the molecule is CCNC(Cc1ccc(CC)s1)c1ccc(C)c(OC)c1. The summed E-state index contributed by atoms with van der Waals surface area (Å²) in [5.41, 5.74) is 2.48. The van der Waals surface area contributed by atoms with Crippen molar-refractivity contribution in [3.05, 3.63) is 51.2 Å². The molecule has 3 heteroatoms. The molecule has 1 aromatic heterocycles. The van der Waals surface area contributed by atoms with Crippen LogP contribution in [-0.2, 0) is 12.8 Å². The third-order valence-electron chi connectivity index (χ3n) is 3.76. The van der Waals surface area contributed by atoms with E-state index >= 15 is 0 Å². The van der Waals surface area contributed by atoms with Gasteiger partial charge in [0.15, 0.2) is 0 Å². The number of benzene rings is 1. The van der Waals surface area contributed by atoms with Crippen molar-refractivity contribution >= 4 is 11.3 Å². The second-order valence-corrected chi connectivity index (χ2v) is 6.52. The van der Waals surface area contributed by atoms with Crippen LogP contribution in [0.4, 0.5) is 0 Å². The van der Waals surface area contributed by atoms with Crippen LogP contribution < -0.4 is 10.1 Å². The first kappa shape index (κ1) is 16.1. The van der Waals surface area contributed by atoms with Gasteiger partial charge in [0.1, 0.15) is 5.75 Å². The lowest BCUT2D eigenvalue weighted by atomic mass is 10.0. The van der Waals surface area contributed by atoms with E-state index in [-0.39, 0.29) is 0 Å². The van der Waals surface area contributed by atoms with Crippen LogP contribution in [0.25, 0.3) is 0 Å². The molecule has 0 aliphatic heterocycles. The van der Waals surface area contributed by atoms with Crippen LogP contribution in [0.2, 0.25) is 0 Å². The van der Waals surface area contributed by atoms with Gasteiger partial charge in [0.05, 0.1) is 7.11 Å². The number of thiophene rings is 1. The predicted octanol–water partition coefficient (Wildman–Crippen LogP) is 4.52. The Morgan fingerprint density at radius 2 is 1.90 bits per heavy atom. The Morgan fingerprint density at radius 3 is 2.52 bits per heavy atom. The highest BCUT2D eigenvalue weighted by Crippen LogP contribution is 2.28. The van der Waals surface area contributed by atoms with E-state index in [1.807, 2.05) is 11.3 Å². The van der Waals surface area contributed by atoms with Gasteiger partial charge in [-0.05, 0) is 49.2 Å². The molecular weight excluding hydrogens is 278 g/mol. The average Bonchev–Trinajstić information content (AvgIpc) is 2.95. The van der Waals surface area contributed by atoms with E-state index in [1.165, 1.54) is 20.9 Å². The fourth-order valence-corrected chi connectivity index (χ4v) is 3.53. The normalized spacial score (nSPS) is 12.4. The van der Waals surface area contributed by atoms with Gasteiger partial charge in [-0.15, -0.1) is 11.3 Å². The monoisotopic (exact) mass is 303 g/mol. The minimum absolute atomic E-state index is 0.341. The molecule has 1 atom stereocenters. The second kappa shape index (κ2) is 7.62. The molecule has 114 valence electrons. The number of nitrogens with one attached hydrogen (secondary N) is 1. The van der Waals surface area contributed by atoms with Crippen molar-refractivity contribution in [1.82, 2.24) is 5.32 Å². The molecule has 0 bridgehead atoms. The second-order valence-electron chi connectivity index (χ2n) is 5.27. The van der Waals surface area contributed by atoms with Gasteiger partial charge in [-0.1, -0.05) is 26.0 Å². The maximum atomic E-state index is 5.46. The highest BCUT2D eigenvalue weighted by molar-refractivity contribution is 7.11. The van der Waals surface area contributed by atoms with Crippen molar-refractivity contribution in [3.8, 4) is 5.75 Å². The molecule has 0 aliphatic carbocycles. The molecule has 1 N–H and O–H groups in total. The van der Waals surface area contributed by atoms with E-state index in [9.17, 15) is 0 Å². The highest BCUT2D eigenvalue weighted by Gasteiger charge is 2.14. The summed E-state index contributed by atoms with van der Waals surface area (Å²) in [7, 11) is 1.74. The first-order valence-electron chi connectivity index (χ1n) is 7.63. The summed E-state index contributed by atoms with van der Waals surface area (Å²) in [5, 5.41) is 3.60. The van der Waals surface area contributed by atoms with Crippen LogP contribution in [0.1, 0.15) is 40.8 Å². The number of methoxy groups -OCH3 is 1. The lowest BCUT2D eigenvalue weighted by Gasteiger charge is -2.19. The Bertz CT molecular complexity index is 576. The van der Waals surface area contributed by atoms with Gasteiger partial charge in [-0.3, -0.25) is 0 Å². The molecule has 2 nitrogen and oxygen atoms in total. The molecule has 0 fully saturated rings. The van der Waals surface area contributed by atoms with Gasteiger partial charge in [-0.2, -0.15) is 0 Å². The van der Waals surface area contributed by atoms with Gasteiger partial charge < -0.3 is 10.1 Å². The summed E-state index contributed by atoms with van der Waals surface area (Å²) < 4.78 is 5.46. The standard InChI is InChI=1S/C18H25NOS/c1-5-15-9-10-16(21-15)12-17(19-6-2)14-8-7-13(3)18(11-14)20-4/h7-11,17,19H,5-6,12H2,1-4H3. The van der Waals surface area contributed by atoms with Crippen molar-refractivity contribution in [2.45, 2.75) is 39.7 Å². The summed E-state index contributed by atoms with van der Waals surface area (Å²) in [5.74, 6) is 0.968. The van der Waals surface area contributed by atoms with Gasteiger partial charge >= 0.3 is 0 Å². The molecule has 1 unspecified atom stereocenters. The number of likely N-dealkylation sites (N-methyl/N-ethyl adjacent to an activating group) is 1. The zero-order valence-electron chi connectivity index (χ0n) is 13.4. The van der Waals surface area contributed by atoms with Gasteiger partial charge in [-0.25, -0.2) is 0 Å². The molecule has 0 saturated heterocycles. The molecule has 1 heterocycles. The fourth-order valence-electron chi connectivity index (χ4n) is 2.53. The van der Waals surface area contributed by atoms with Gasteiger partial charge in [0, 0.05) is 22.2 Å². The topological polar surface area (TPSA) is 21.3 Å². The molecule has 2 rings (SSSR count). The number of ether oxygens (including phenoxy) is 1. The van der Waals surface area contributed by atoms with E-state index in [4.69, 9.17) is 4.74 Å². The average molecular weight is 303 g/mol. The Morgan fingerprint density at radius 1 is 1.14 bits per heavy atom. The predicted molar refractivity (Wildman–Crippen MR) is 91.5 cm³/mol. The van der Waals surface area contributed by atoms with E-state index in [2.05, 4.69) is 56.4 Å². The van der Waals surface area contributed by atoms with E-state index in [0.717, 1.165) is 25.1 Å². The third-order valence-corrected chi connectivity index (χ3v) is 5.01. The van der Waals surface area contributed by atoms with Crippen LogP contribution in [0.5, 0.6) is 5.75 Å². The summed E-state index contributed by atoms with van der Waals surface area (Å²) in [6, 6.07) is 11.4. The maximum Gasteiger partial charge on any atom is 0.122 e. The van der Waals surface area contributed by atoms with Gasteiger partial charge in [0.2, 0.25) is 0 Å². The molecule has 2 aromatic rings. The number of hydrogen-bond acceptors (Lipinski definition) is 3. The van der Waals surface area contributed by atoms with Gasteiger partial charge in [0.25, 0.3) is 0 Å². The Kier molecular flexibility index (Phi) is 5.83. The fraction of sp³-hybridized carbons (Fsp3) is 0.444. The zero-order valence-corrected chi connectivity index (χ0v) is 14.2. The molecule has 0 spiro atoms. The van der Waals surface area contributed by atoms with E-state index < -0.39 is 0 Å². The van der Waals surface area contributed by atoms with Crippen molar-refractivity contribution in [2.75, 3.05) is 13.7 Å². The molecule has 21 heavy (non-hydrogen) atoms. The van der Waals surface area contributed by atoms with Crippen LogP contribution in [-0.4, -0.2) is 13.7 Å². The number of hydrogen-bond donors (Lipinski definition) is 1. The molecule has 0 radical (unpaired) electrons. The first-order valence-corrected chi connectivity index (χ1v) is 8.45. The molecule has 1 aromatic carbocycles. The van der Waals surface area contributed by atoms with Crippen molar-refractivity contribution in [2.24, 2.45) is 0 Å². The summed E-state index contributed by atoms with van der Waals surface area (Å²) in [6.45, 7) is 7.41. The van der Waals surface area contributed by atoms with Crippen molar-refractivity contribution < 1.29 is 4.74 Å². The van der Waals surface area contributed by atoms with Crippen molar-refractivity contribution in [1.29, 1.82) is 0 Å². The summed E-state index contributed by atoms with van der Waals surface area (Å²) in [4.78, 5) is 2.90. The highest BCUT2D eigenvalue weighted by atomic mass is 32.1. The zero-order chi connectivity index (χ0) is 15.2. The maximum absolute atomic E-state index is 5.46. The lowest BCUT2D eigenvalue weighted by molar-refractivity contribution is 0.410. The molecular formula is C18H25NOS. The van der Waals surface area contributed by atoms with Crippen molar-refractivity contribution in [3.63, 3.8) is 0 Å². The van der Waals surface area contributed by atoms with Crippen LogP contribution in [0.15, 0.2) is 30.3 Å². The quantitative estimate of drug-likeness (QED) is 0.812. The largest absolute Gasteiger partial charge is 0.496 e. The summed E-state index contributed by atoms with van der Waals surface area (Å²) in [6.07, 6.45) is 2.15. The van der Waals surface area contributed by atoms with Crippen LogP contribution in [0, 0.1) is 6.92 Å². The molecule has 0 saturated carbocycles. The number of rotatable bonds is 7. The Balaban J connectivity index is 2.21. The minimum Gasteiger partial charge on any atom is -0.496 e. The van der Waals surface area contributed by atoms with Crippen LogP contribution >= 0.6 is 11.3 Å². The Hall–Kier alpha value is -1.32. The molecule has 0 aliphatic rings. The molecule has 0 amide bonds. The van der Waals surface area contributed by atoms with E-state index in [0.29, 0.717) is 6.04 Å². The minimum atomic E-state index is 0.341. The summed E-state index contributed by atoms with van der Waals surface area (Å²) >= 11 is 1.92. The number of aryl methyl sites for hydroxylation is 2. The first-order chi connectivity index (χ1) is 10.2. The lowest BCUT2D eigenvalue weighted by Crippen LogP contribution is -2.22. The third kappa shape index (κ3) is 4.08. The van der Waals surface area contributed by atoms with E-state index in [1.54, 1.807) is 7.11 Å². The smallest absolute Gasteiger partial charge is 0.122 e. The van der Waals surface area contributed by atoms with Crippen LogP contribution in [0.3, 0.4) is 0 Å².